The second-order valence-electron chi connectivity index (χ2n) is 5.35. The van der Waals surface area contributed by atoms with Gasteiger partial charge in [-0.3, -0.25) is 9.59 Å². The van der Waals surface area contributed by atoms with Crippen molar-refractivity contribution in [3.05, 3.63) is 40.6 Å². The fraction of sp³-hybridized carbons (Fsp3) is 0.429. The molecule has 122 valence electrons. The van der Waals surface area contributed by atoms with Gasteiger partial charge in [0.05, 0.1) is 29.2 Å². The molecule has 1 aromatic rings. The number of carbonyl (C=O) groups is 2. The summed E-state index contributed by atoms with van der Waals surface area (Å²) in [5.74, 6) is -0.967. The van der Waals surface area contributed by atoms with E-state index >= 15 is 0 Å². The number of amides is 2. The molecule has 0 aromatic heterocycles. The van der Waals surface area contributed by atoms with Gasteiger partial charge in [-0.15, -0.1) is 5.01 Å². The van der Waals surface area contributed by atoms with Crippen LogP contribution in [0.5, 0.6) is 0 Å². The van der Waals surface area contributed by atoms with Crippen LogP contribution < -0.4 is 0 Å². The zero-order valence-electron chi connectivity index (χ0n) is 12.5. The van der Waals surface area contributed by atoms with Gasteiger partial charge in [-0.1, -0.05) is 12.1 Å². The maximum absolute atomic E-state index is 12.2. The summed E-state index contributed by atoms with van der Waals surface area (Å²) in [6.45, 7) is 1.77. The van der Waals surface area contributed by atoms with Crippen LogP contribution in [0.4, 0.5) is 0 Å². The van der Waals surface area contributed by atoms with Crippen LogP contribution in [0.2, 0.25) is 0 Å². The Hall–Kier alpha value is -2.68. The lowest BCUT2D eigenvalue weighted by Crippen LogP contribution is -2.53. The Labute approximate surface area is 131 Å². The number of benzene rings is 1. The molecule has 1 N–H and O–H groups in total. The van der Waals surface area contributed by atoms with Crippen LogP contribution in [-0.4, -0.2) is 57.2 Å². The Kier molecular flexibility index (Phi) is 3.87. The summed E-state index contributed by atoms with van der Waals surface area (Å²) < 4.78 is 0. The van der Waals surface area contributed by atoms with Crippen LogP contribution in [0.1, 0.15) is 34.1 Å². The SMILES string of the molecule is CC(O/N=[N+](/[O-])N1CC[C@H]1CO)N1C(=O)c2ccccc2C1=O. The van der Waals surface area contributed by atoms with E-state index in [2.05, 4.69) is 5.28 Å². The second kappa shape index (κ2) is 5.84. The minimum atomic E-state index is -1.02. The third kappa shape index (κ3) is 2.48. The molecule has 2 amide bonds. The predicted octanol–water partition coefficient (Wildman–Crippen LogP) is 0.504. The van der Waals surface area contributed by atoms with Gasteiger partial charge < -0.3 is 15.2 Å². The molecule has 1 fully saturated rings. The van der Waals surface area contributed by atoms with Crippen molar-refractivity contribution in [2.75, 3.05) is 13.2 Å². The average molecular weight is 320 g/mol. The average Bonchev–Trinajstić information content (AvgIpc) is 2.76. The molecule has 9 heteroatoms. The third-order valence-corrected chi connectivity index (χ3v) is 4.00. The third-order valence-electron chi connectivity index (χ3n) is 4.00. The fourth-order valence-corrected chi connectivity index (χ4v) is 2.58. The van der Waals surface area contributed by atoms with E-state index in [9.17, 15) is 14.8 Å². The molecule has 9 nitrogen and oxygen atoms in total. The number of hydrazine groups is 1. The van der Waals surface area contributed by atoms with Crippen LogP contribution in [0.25, 0.3) is 0 Å². The molecule has 1 saturated heterocycles. The molecular formula is C14H16N4O5. The standard InChI is InChI=1S/C14H16N4O5/c1-9(23-15-18(22)16-7-6-10(16)8-19)17-13(20)11-4-2-3-5-12(11)14(17)21/h2-5,9-10,19H,6-8H2,1H3/b18-15+/t9?,10-/m0/s1. The van der Waals surface area contributed by atoms with Gasteiger partial charge in [0.25, 0.3) is 11.8 Å². The molecular weight excluding hydrogens is 304 g/mol. The first-order chi connectivity index (χ1) is 11.0. The van der Waals surface area contributed by atoms with Crippen LogP contribution in [0, 0.1) is 5.21 Å². The topological polar surface area (TPSA) is 109 Å². The molecule has 0 bridgehead atoms. The van der Waals surface area contributed by atoms with Crippen molar-refractivity contribution < 1.29 is 24.5 Å². The van der Waals surface area contributed by atoms with E-state index < -0.39 is 18.0 Å². The molecule has 2 aliphatic rings. The van der Waals surface area contributed by atoms with Crippen LogP contribution in [0.3, 0.4) is 0 Å². The first kappa shape index (κ1) is 15.2. The molecule has 23 heavy (non-hydrogen) atoms. The minimum Gasteiger partial charge on any atom is -0.569 e. The highest BCUT2D eigenvalue weighted by molar-refractivity contribution is 6.21. The normalized spacial score (nSPS) is 22.0. The molecule has 3 rings (SSSR count). The van der Waals surface area contributed by atoms with E-state index in [0.717, 1.165) is 4.90 Å². The van der Waals surface area contributed by atoms with Crippen molar-refractivity contribution in [1.29, 1.82) is 0 Å². The van der Waals surface area contributed by atoms with Gasteiger partial charge in [0.15, 0.2) is 0 Å². The monoisotopic (exact) mass is 320 g/mol. The quantitative estimate of drug-likeness (QED) is 0.366. The van der Waals surface area contributed by atoms with E-state index in [0.29, 0.717) is 24.1 Å². The summed E-state index contributed by atoms with van der Waals surface area (Å²) in [7, 11) is 0. The molecule has 2 heterocycles. The van der Waals surface area contributed by atoms with Gasteiger partial charge in [-0.05, 0) is 25.5 Å². The van der Waals surface area contributed by atoms with Crippen LogP contribution >= 0.6 is 0 Å². The lowest BCUT2D eigenvalue weighted by atomic mass is 10.1. The number of rotatable bonds is 5. The van der Waals surface area contributed by atoms with E-state index in [4.69, 9.17) is 9.94 Å². The zero-order valence-corrected chi connectivity index (χ0v) is 12.5. The van der Waals surface area contributed by atoms with Gasteiger partial charge >= 0.3 is 0 Å². The summed E-state index contributed by atoms with van der Waals surface area (Å²) in [5.41, 5.74) is 0.602. The maximum Gasteiger partial charge on any atom is 0.264 e. The first-order valence-corrected chi connectivity index (χ1v) is 7.23. The lowest BCUT2D eigenvalue weighted by Gasteiger charge is -2.34. The summed E-state index contributed by atoms with van der Waals surface area (Å²) in [5, 5.41) is 25.4. The molecule has 1 aromatic carbocycles. The molecule has 0 saturated carbocycles. The predicted molar refractivity (Wildman–Crippen MR) is 75.7 cm³/mol. The Bertz CT molecular complexity index is 640. The van der Waals surface area contributed by atoms with Crippen LogP contribution in [-0.2, 0) is 4.84 Å². The number of aliphatic hydroxyl groups is 1. The second-order valence-corrected chi connectivity index (χ2v) is 5.35. The Morgan fingerprint density at radius 2 is 2.00 bits per heavy atom. The van der Waals surface area contributed by atoms with E-state index in [-0.39, 0.29) is 17.6 Å². The van der Waals surface area contributed by atoms with Gasteiger partial charge in [0, 0.05) is 0 Å². The fourth-order valence-electron chi connectivity index (χ4n) is 2.58. The molecule has 0 aliphatic carbocycles. The number of imide groups is 1. The molecule has 0 spiro atoms. The Morgan fingerprint density at radius 3 is 2.48 bits per heavy atom. The summed E-state index contributed by atoms with van der Waals surface area (Å²) in [6, 6.07) is 6.18. The lowest BCUT2D eigenvalue weighted by molar-refractivity contribution is -0.733. The largest absolute Gasteiger partial charge is 0.569 e. The number of carbonyl (C=O) groups excluding carboxylic acids is 2. The van der Waals surface area contributed by atoms with Crippen molar-refractivity contribution in [2.45, 2.75) is 25.6 Å². The highest BCUT2D eigenvalue weighted by Gasteiger charge is 2.40. The first-order valence-electron chi connectivity index (χ1n) is 7.23. The highest BCUT2D eigenvalue weighted by atomic mass is 16.7. The van der Waals surface area contributed by atoms with Crippen molar-refractivity contribution in [1.82, 2.24) is 9.91 Å². The Morgan fingerprint density at radius 1 is 1.39 bits per heavy atom. The summed E-state index contributed by atoms with van der Waals surface area (Å²) >= 11 is 0. The van der Waals surface area contributed by atoms with E-state index in [1.54, 1.807) is 24.3 Å². The maximum atomic E-state index is 12.2. The van der Waals surface area contributed by atoms with Gasteiger partial charge in [-0.2, -0.15) is 0 Å². The van der Waals surface area contributed by atoms with Crippen molar-refractivity contribution in [3.8, 4) is 0 Å². The number of nitrogens with zero attached hydrogens (tertiary/aromatic N) is 4. The highest BCUT2D eigenvalue weighted by Crippen LogP contribution is 2.25. The molecule has 2 atom stereocenters. The van der Waals surface area contributed by atoms with Crippen LogP contribution in [0.15, 0.2) is 29.5 Å². The smallest absolute Gasteiger partial charge is 0.264 e. The molecule has 0 radical (unpaired) electrons. The van der Waals surface area contributed by atoms with Crippen molar-refractivity contribution in [3.63, 3.8) is 0 Å². The number of hydrogen-bond donors (Lipinski definition) is 1. The summed E-state index contributed by atoms with van der Waals surface area (Å²) in [6.07, 6.45) is -0.327. The zero-order chi connectivity index (χ0) is 16.6. The minimum absolute atomic E-state index is 0.151. The number of aliphatic hydroxyl groups excluding tert-OH is 1. The molecule has 2 aliphatic heterocycles. The van der Waals surface area contributed by atoms with Gasteiger partial charge in [0.1, 0.15) is 6.04 Å². The van der Waals surface area contributed by atoms with Gasteiger partial charge in [-0.25, -0.2) is 4.90 Å². The van der Waals surface area contributed by atoms with E-state index in [1.165, 1.54) is 11.9 Å². The van der Waals surface area contributed by atoms with Gasteiger partial charge in [0.2, 0.25) is 11.5 Å². The molecule has 1 unspecified atom stereocenters. The van der Waals surface area contributed by atoms with E-state index in [1.807, 2.05) is 0 Å². The summed E-state index contributed by atoms with van der Waals surface area (Å²) in [4.78, 5) is 30.6. The number of fused-ring (bicyclic) bond motifs is 1. The van der Waals surface area contributed by atoms with Crippen molar-refractivity contribution in [2.24, 2.45) is 5.28 Å². The van der Waals surface area contributed by atoms with Crippen molar-refractivity contribution >= 4 is 11.8 Å². The number of hydrogen-bond acceptors (Lipinski definition) is 6. The Balaban J connectivity index is 1.69.